The number of nitrogens with zero attached hydrogens (tertiary/aromatic N) is 1. The van der Waals surface area contributed by atoms with Gasteiger partial charge in [0, 0.05) is 25.1 Å². The lowest BCUT2D eigenvalue weighted by Gasteiger charge is -2.35. The number of rotatable bonds is 7. The van der Waals surface area contributed by atoms with Crippen LogP contribution in [0.2, 0.25) is 0 Å². The van der Waals surface area contributed by atoms with Crippen LogP contribution in [0.15, 0.2) is 18.2 Å². The maximum Gasteiger partial charge on any atom is 0.274 e. The van der Waals surface area contributed by atoms with Crippen molar-refractivity contribution < 1.29 is 9.72 Å². The Bertz CT molecular complexity index is 616. The van der Waals surface area contributed by atoms with Gasteiger partial charge in [0.15, 0.2) is 0 Å². The van der Waals surface area contributed by atoms with Gasteiger partial charge in [-0.15, -0.1) is 0 Å². The van der Waals surface area contributed by atoms with Crippen LogP contribution in [0.4, 0.5) is 11.4 Å². The van der Waals surface area contributed by atoms with Crippen molar-refractivity contribution in [2.24, 2.45) is 11.8 Å². The molecule has 0 heterocycles. The molecule has 0 unspecified atom stereocenters. The molecule has 25 heavy (non-hydrogen) atoms. The molecule has 0 radical (unpaired) electrons. The first-order valence-corrected chi connectivity index (χ1v) is 9.17. The van der Waals surface area contributed by atoms with Gasteiger partial charge in [0.05, 0.1) is 16.2 Å². The molecule has 1 saturated carbocycles. The standard InChI is InChI=1S/C19H29N3O3/c1-13(2)15-7-4-5-8-17(15)20-12-11-19(23)21-16-9-6-10-18(14(16)3)22(24)25/h6,9-10,13,15,17,20H,4-5,7-8,11-12H2,1-3H3,(H,21,23)/t15-,17-/m1/s1. The molecule has 6 heteroatoms. The highest BCUT2D eigenvalue weighted by molar-refractivity contribution is 5.92. The third kappa shape index (κ3) is 5.26. The fraction of sp³-hybridized carbons (Fsp3) is 0.632. The van der Waals surface area contributed by atoms with Gasteiger partial charge in [0.25, 0.3) is 5.69 Å². The van der Waals surface area contributed by atoms with Crippen molar-refractivity contribution in [2.75, 3.05) is 11.9 Å². The normalized spacial score (nSPS) is 20.5. The Balaban J connectivity index is 1.85. The molecule has 138 valence electrons. The Morgan fingerprint density at radius 1 is 1.32 bits per heavy atom. The first-order valence-electron chi connectivity index (χ1n) is 9.17. The molecule has 2 atom stereocenters. The summed E-state index contributed by atoms with van der Waals surface area (Å²) < 4.78 is 0. The quantitative estimate of drug-likeness (QED) is 0.576. The van der Waals surface area contributed by atoms with Gasteiger partial charge in [0.1, 0.15) is 0 Å². The highest BCUT2D eigenvalue weighted by Crippen LogP contribution is 2.30. The van der Waals surface area contributed by atoms with Gasteiger partial charge in [0.2, 0.25) is 5.91 Å². The van der Waals surface area contributed by atoms with E-state index < -0.39 is 4.92 Å². The topological polar surface area (TPSA) is 84.3 Å². The molecule has 0 spiro atoms. The smallest absolute Gasteiger partial charge is 0.274 e. The summed E-state index contributed by atoms with van der Waals surface area (Å²) in [6.07, 6.45) is 5.35. The Morgan fingerprint density at radius 2 is 2.04 bits per heavy atom. The average Bonchev–Trinajstić information content (AvgIpc) is 2.56. The summed E-state index contributed by atoms with van der Waals surface area (Å²) in [6.45, 7) is 6.82. The molecular formula is C19H29N3O3. The first-order chi connectivity index (χ1) is 11.9. The molecule has 1 aliphatic carbocycles. The number of hydrogen-bond acceptors (Lipinski definition) is 4. The second-order valence-electron chi connectivity index (χ2n) is 7.26. The molecule has 1 fully saturated rings. The molecule has 0 aliphatic heterocycles. The Morgan fingerprint density at radius 3 is 2.72 bits per heavy atom. The number of nitro benzene ring substituents is 1. The summed E-state index contributed by atoms with van der Waals surface area (Å²) in [4.78, 5) is 22.7. The Hall–Kier alpha value is -1.95. The van der Waals surface area contributed by atoms with E-state index in [4.69, 9.17) is 0 Å². The van der Waals surface area contributed by atoms with E-state index >= 15 is 0 Å². The third-order valence-electron chi connectivity index (χ3n) is 5.21. The number of carbonyl (C=O) groups is 1. The van der Waals surface area contributed by atoms with Crippen molar-refractivity contribution in [1.82, 2.24) is 5.32 Å². The van der Waals surface area contributed by atoms with Crippen molar-refractivity contribution in [2.45, 2.75) is 58.9 Å². The fourth-order valence-electron chi connectivity index (χ4n) is 3.75. The molecule has 2 rings (SSSR count). The number of hydrogen-bond donors (Lipinski definition) is 2. The SMILES string of the molecule is Cc1c(NC(=O)CCN[C@@H]2CCCC[C@@H]2C(C)C)cccc1[N+](=O)[O-]. The van der Waals surface area contributed by atoms with Crippen molar-refractivity contribution in [3.8, 4) is 0 Å². The average molecular weight is 347 g/mol. The van der Waals surface area contributed by atoms with Crippen molar-refractivity contribution >= 4 is 17.3 Å². The lowest BCUT2D eigenvalue weighted by atomic mass is 9.78. The van der Waals surface area contributed by atoms with Crippen molar-refractivity contribution in [1.29, 1.82) is 0 Å². The Kier molecular flexibility index (Phi) is 6.93. The highest BCUT2D eigenvalue weighted by atomic mass is 16.6. The minimum Gasteiger partial charge on any atom is -0.326 e. The lowest BCUT2D eigenvalue weighted by Crippen LogP contribution is -2.41. The molecule has 1 amide bonds. The molecule has 1 aromatic carbocycles. The minimum atomic E-state index is -0.429. The van der Waals surface area contributed by atoms with Gasteiger partial charge in [-0.1, -0.05) is 32.8 Å². The van der Waals surface area contributed by atoms with E-state index in [9.17, 15) is 14.9 Å². The fourth-order valence-corrected chi connectivity index (χ4v) is 3.75. The Labute approximate surface area is 149 Å². The zero-order chi connectivity index (χ0) is 18.4. The van der Waals surface area contributed by atoms with E-state index in [0.29, 0.717) is 42.1 Å². The van der Waals surface area contributed by atoms with Crippen molar-refractivity contribution in [3.63, 3.8) is 0 Å². The van der Waals surface area contributed by atoms with Gasteiger partial charge in [-0.3, -0.25) is 14.9 Å². The molecular weight excluding hydrogens is 318 g/mol. The van der Waals surface area contributed by atoms with Crippen molar-refractivity contribution in [3.05, 3.63) is 33.9 Å². The van der Waals surface area contributed by atoms with Crippen LogP contribution in [0.5, 0.6) is 0 Å². The second kappa shape index (κ2) is 8.94. The lowest BCUT2D eigenvalue weighted by molar-refractivity contribution is -0.385. The van der Waals surface area contributed by atoms with Crippen LogP contribution in [0.3, 0.4) is 0 Å². The predicted octanol–water partition coefficient (Wildman–Crippen LogP) is 4.04. The molecule has 1 aromatic rings. The number of nitrogens with one attached hydrogen (secondary N) is 2. The number of nitro groups is 1. The van der Waals surface area contributed by atoms with Gasteiger partial charge in [-0.05, 0) is 37.7 Å². The van der Waals surface area contributed by atoms with E-state index in [0.717, 1.165) is 0 Å². The van der Waals surface area contributed by atoms with Crippen LogP contribution in [-0.4, -0.2) is 23.4 Å². The van der Waals surface area contributed by atoms with Crippen LogP contribution in [0.25, 0.3) is 0 Å². The van der Waals surface area contributed by atoms with Gasteiger partial charge < -0.3 is 10.6 Å². The number of carbonyl (C=O) groups excluding carboxylic acids is 1. The monoisotopic (exact) mass is 347 g/mol. The van der Waals surface area contributed by atoms with E-state index in [2.05, 4.69) is 24.5 Å². The largest absolute Gasteiger partial charge is 0.326 e. The third-order valence-corrected chi connectivity index (χ3v) is 5.21. The highest BCUT2D eigenvalue weighted by Gasteiger charge is 2.27. The molecule has 0 saturated heterocycles. The van der Waals surface area contributed by atoms with Gasteiger partial charge in [-0.2, -0.15) is 0 Å². The summed E-state index contributed by atoms with van der Waals surface area (Å²) in [6, 6.07) is 5.22. The van der Waals surface area contributed by atoms with Crippen LogP contribution in [0.1, 0.15) is 51.5 Å². The summed E-state index contributed by atoms with van der Waals surface area (Å²) in [5.41, 5.74) is 1.02. The summed E-state index contributed by atoms with van der Waals surface area (Å²) >= 11 is 0. The van der Waals surface area contributed by atoms with E-state index in [1.165, 1.54) is 31.7 Å². The summed E-state index contributed by atoms with van der Waals surface area (Å²) in [5, 5.41) is 17.3. The zero-order valence-electron chi connectivity index (χ0n) is 15.4. The zero-order valence-corrected chi connectivity index (χ0v) is 15.4. The predicted molar refractivity (Wildman–Crippen MR) is 99.7 cm³/mol. The molecule has 6 nitrogen and oxygen atoms in total. The molecule has 0 bridgehead atoms. The second-order valence-corrected chi connectivity index (χ2v) is 7.26. The molecule has 0 aromatic heterocycles. The van der Waals surface area contributed by atoms with E-state index in [1.54, 1.807) is 19.1 Å². The minimum absolute atomic E-state index is 0.0258. The maximum atomic E-state index is 12.2. The van der Waals surface area contributed by atoms with Gasteiger partial charge >= 0.3 is 0 Å². The van der Waals surface area contributed by atoms with E-state index in [1.807, 2.05) is 0 Å². The summed E-state index contributed by atoms with van der Waals surface area (Å²) in [7, 11) is 0. The van der Waals surface area contributed by atoms with Gasteiger partial charge in [-0.25, -0.2) is 0 Å². The number of anilines is 1. The maximum absolute atomic E-state index is 12.2. The first kappa shape index (κ1) is 19.4. The van der Waals surface area contributed by atoms with E-state index in [-0.39, 0.29) is 11.6 Å². The number of amides is 1. The van der Waals surface area contributed by atoms with Crippen LogP contribution >= 0.6 is 0 Å². The van der Waals surface area contributed by atoms with Crippen LogP contribution in [0, 0.1) is 28.9 Å². The number of benzene rings is 1. The van der Waals surface area contributed by atoms with Crippen LogP contribution < -0.4 is 10.6 Å². The van der Waals surface area contributed by atoms with Crippen LogP contribution in [-0.2, 0) is 4.79 Å². The molecule has 1 aliphatic rings. The molecule has 2 N–H and O–H groups in total. The summed E-state index contributed by atoms with van der Waals surface area (Å²) in [5.74, 6) is 1.21.